The smallest absolute Gasteiger partial charge is 0.227 e. The molecule has 6 heterocycles. The Bertz CT molecular complexity index is 4260. The van der Waals surface area contributed by atoms with Gasteiger partial charge in [-0.3, -0.25) is 0 Å². The molecule has 0 radical (unpaired) electrons. The van der Waals surface area contributed by atoms with Gasteiger partial charge in [-0.1, -0.05) is 133 Å². The van der Waals surface area contributed by atoms with E-state index in [1.54, 1.807) is 17.5 Å². The van der Waals surface area contributed by atoms with Crippen molar-refractivity contribution in [2.75, 3.05) is 0 Å². The minimum atomic E-state index is 0.657. The predicted molar refractivity (Wildman–Crippen MR) is 287 cm³/mol. The molecule has 0 saturated heterocycles. The summed E-state index contributed by atoms with van der Waals surface area (Å²) in [5.41, 5.74) is 16.9. The first-order valence-corrected chi connectivity index (χ1v) is 24.0. The molecule has 0 unspecified atom stereocenters. The molecule has 0 aliphatic heterocycles. The predicted octanol–water partition coefficient (Wildman–Crippen LogP) is 15.9. The summed E-state index contributed by atoms with van der Waals surface area (Å²) in [6, 6.07) is 69.8. The van der Waals surface area contributed by atoms with E-state index in [-0.39, 0.29) is 0 Å². The Morgan fingerprint density at radius 2 is 1.06 bits per heavy atom. The molecular weight excluding hydrogens is 863 g/mol. The van der Waals surface area contributed by atoms with Gasteiger partial charge >= 0.3 is 0 Å². The second kappa shape index (κ2) is 15.6. The number of fused-ring (bicyclic) bond motifs is 10. The average molecular weight is 902 g/mol. The van der Waals surface area contributed by atoms with Crippen LogP contribution in [0.3, 0.4) is 0 Å². The van der Waals surface area contributed by atoms with Gasteiger partial charge in [0.2, 0.25) is 5.71 Å². The van der Waals surface area contributed by atoms with Crippen molar-refractivity contribution in [1.82, 2.24) is 14.5 Å². The molecule has 6 aromatic heterocycles. The van der Waals surface area contributed by atoms with E-state index in [1.165, 1.54) is 48.5 Å². The van der Waals surface area contributed by atoms with Gasteiger partial charge in [-0.15, -0.1) is 11.3 Å². The normalized spacial score (nSPS) is 12.6. The fourth-order valence-corrected chi connectivity index (χ4v) is 11.6. The fraction of sp³-hybridized carbons (Fsp3) is 0.0159. The summed E-state index contributed by atoms with van der Waals surface area (Å²) in [6.07, 6.45) is 7.91. The zero-order chi connectivity index (χ0) is 45.6. The quantitative estimate of drug-likeness (QED) is 0.167. The molecule has 0 N–H and O–H groups in total. The molecule has 0 aliphatic rings. The van der Waals surface area contributed by atoms with Crippen LogP contribution in [-0.2, 0) is 0 Å². The SMILES string of the molecule is C/C=c1\c(=C\c2ccc(-n3c4ccc(-c5ccc(-c6cccc7c6oc6ncccc67)cc5)cc4c4cc(-c5ccc(-c6cccc7c6sc6ncccc67)cc5)ccc43)cc2)oc2ccccc12. The number of aromatic nitrogens is 3. The van der Waals surface area contributed by atoms with Crippen LogP contribution in [0.2, 0.25) is 0 Å². The monoisotopic (exact) mass is 901 g/mol. The molecule has 5 nitrogen and oxygen atoms in total. The van der Waals surface area contributed by atoms with Gasteiger partial charge in [0.05, 0.1) is 11.0 Å². The molecule has 0 fully saturated rings. The van der Waals surface area contributed by atoms with E-state index in [0.29, 0.717) is 5.71 Å². The molecule has 69 heavy (non-hydrogen) atoms. The minimum absolute atomic E-state index is 0.657. The molecule has 0 aliphatic carbocycles. The van der Waals surface area contributed by atoms with Crippen molar-refractivity contribution in [1.29, 1.82) is 0 Å². The van der Waals surface area contributed by atoms with E-state index < -0.39 is 0 Å². The molecule has 324 valence electrons. The van der Waals surface area contributed by atoms with Crippen molar-refractivity contribution in [3.63, 3.8) is 0 Å². The van der Waals surface area contributed by atoms with Crippen molar-refractivity contribution in [3.8, 4) is 50.2 Å². The first-order chi connectivity index (χ1) is 34.1. The molecule has 0 bridgehead atoms. The van der Waals surface area contributed by atoms with Gasteiger partial charge < -0.3 is 13.4 Å². The molecule has 14 aromatic rings. The summed E-state index contributed by atoms with van der Waals surface area (Å²) in [5.74, 6) is 0. The van der Waals surface area contributed by atoms with E-state index >= 15 is 0 Å². The number of furan rings is 2. The molecule has 8 aromatic carbocycles. The van der Waals surface area contributed by atoms with Crippen molar-refractivity contribution in [2.45, 2.75) is 6.92 Å². The maximum atomic E-state index is 6.32. The second-order valence-electron chi connectivity index (χ2n) is 17.6. The maximum absolute atomic E-state index is 6.32. The molecular formula is C63H39N3O2S. The van der Waals surface area contributed by atoms with Gasteiger partial charge in [0, 0.05) is 71.3 Å². The summed E-state index contributed by atoms with van der Waals surface area (Å²) in [4.78, 5) is 10.2. The van der Waals surface area contributed by atoms with Gasteiger partial charge in [0.1, 0.15) is 21.4 Å². The van der Waals surface area contributed by atoms with E-state index in [9.17, 15) is 0 Å². The van der Waals surface area contributed by atoms with E-state index in [0.717, 1.165) is 87.3 Å². The highest BCUT2D eigenvalue weighted by Crippen LogP contribution is 2.42. The lowest BCUT2D eigenvalue weighted by Gasteiger charge is -2.10. The number of benzene rings is 8. The Kier molecular flexibility index (Phi) is 8.91. The van der Waals surface area contributed by atoms with Gasteiger partial charge in [-0.2, -0.15) is 0 Å². The molecule has 0 atom stereocenters. The lowest BCUT2D eigenvalue weighted by atomic mass is 9.97. The molecule has 0 amide bonds. The molecule has 6 heteroatoms. The van der Waals surface area contributed by atoms with Crippen LogP contribution in [0, 0.1) is 0 Å². The third-order valence-corrected chi connectivity index (χ3v) is 14.9. The topological polar surface area (TPSA) is 57.0 Å². The number of hydrogen-bond donors (Lipinski definition) is 0. The van der Waals surface area contributed by atoms with Gasteiger partial charge in [0.25, 0.3) is 0 Å². The van der Waals surface area contributed by atoms with Gasteiger partial charge in [-0.25, -0.2) is 9.97 Å². The van der Waals surface area contributed by atoms with Crippen molar-refractivity contribution >= 4 is 98.6 Å². The lowest BCUT2D eigenvalue weighted by Crippen LogP contribution is -2.19. The van der Waals surface area contributed by atoms with Crippen molar-refractivity contribution in [3.05, 3.63) is 223 Å². The Morgan fingerprint density at radius 3 is 1.78 bits per heavy atom. The average Bonchev–Trinajstić information content (AvgIpc) is 4.17. The molecule has 0 spiro atoms. The molecule has 14 rings (SSSR count). The Balaban J connectivity index is 0.873. The van der Waals surface area contributed by atoms with Crippen LogP contribution in [-0.4, -0.2) is 14.5 Å². The minimum Gasteiger partial charge on any atom is -0.456 e. The van der Waals surface area contributed by atoms with E-state index in [1.807, 2.05) is 30.5 Å². The highest BCUT2D eigenvalue weighted by atomic mass is 32.1. The summed E-state index contributed by atoms with van der Waals surface area (Å²) in [6.45, 7) is 2.06. The summed E-state index contributed by atoms with van der Waals surface area (Å²) in [5, 5.41) is 9.18. The van der Waals surface area contributed by atoms with Crippen LogP contribution < -0.4 is 10.6 Å². The summed E-state index contributed by atoms with van der Waals surface area (Å²) < 4.78 is 16.3. The third kappa shape index (κ3) is 6.37. The lowest BCUT2D eigenvalue weighted by molar-refractivity contribution is 0.575. The van der Waals surface area contributed by atoms with Crippen molar-refractivity contribution < 1.29 is 8.83 Å². The largest absolute Gasteiger partial charge is 0.456 e. The van der Waals surface area contributed by atoms with Crippen LogP contribution in [0.25, 0.3) is 137 Å². The van der Waals surface area contributed by atoms with E-state index in [2.05, 4.69) is 203 Å². The highest BCUT2D eigenvalue weighted by Gasteiger charge is 2.18. The fourth-order valence-electron chi connectivity index (χ4n) is 10.4. The Hall–Kier alpha value is -8.84. The second-order valence-corrected chi connectivity index (χ2v) is 18.6. The van der Waals surface area contributed by atoms with Gasteiger partial charge in [0.15, 0.2) is 0 Å². The van der Waals surface area contributed by atoms with E-state index in [4.69, 9.17) is 8.83 Å². The van der Waals surface area contributed by atoms with Crippen molar-refractivity contribution in [2.24, 2.45) is 0 Å². The van der Waals surface area contributed by atoms with Crippen LogP contribution in [0.15, 0.2) is 215 Å². The summed E-state index contributed by atoms with van der Waals surface area (Å²) in [7, 11) is 0. The summed E-state index contributed by atoms with van der Waals surface area (Å²) >= 11 is 1.76. The maximum Gasteiger partial charge on any atom is 0.227 e. The van der Waals surface area contributed by atoms with Crippen LogP contribution in [0.5, 0.6) is 0 Å². The molecule has 0 saturated carbocycles. The third-order valence-electron chi connectivity index (χ3n) is 13.8. The number of para-hydroxylation sites is 2. The number of rotatable bonds is 6. The van der Waals surface area contributed by atoms with Crippen LogP contribution in [0.4, 0.5) is 0 Å². The Morgan fingerprint density at radius 1 is 0.464 bits per heavy atom. The zero-order valence-corrected chi connectivity index (χ0v) is 38.2. The first kappa shape index (κ1) is 39.3. The zero-order valence-electron chi connectivity index (χ0n) is 37.4. The number of pyridine rings is 2. The standard InChI is InChI=1S/C63H39N3O2S/c1-2-46-49-9-3-4-16-58(49)67-59(46)35-38-17-29-45(30-18-38)66-56-31-27-43(39-19-23-41(24-20-39)47-10-5-12-50-52-14-7-33-64-62(52)68-60(47)50)36-54(56)55-37-44(28-32-57(55)66)40-21-25-42(26-22-40)48-11-6-13-51-53-15-8-34-65-63(53)69-61(48)51/h2-37H,1H3/b46-2-,59-35-. The first-order valence-electron chi connectivity index (χ1n) is 23.2. The Labute approximate surface area is 399 Å². The van der Waals surface area contributed by atoms with Gasteiger partial charge in [-0.05, 0) is 124 Å². The highest BCUT2D eigenvalue weighted by molar-refractivity contribution is 7.26. The van der Waals surface area contributed by atoms with Crippen LogP contribution >= 0.6 is 11.3 Å². The van der Waals surface area contributed by atoms with Crippen LogP contribution in [0.1, 0.15) is 12.5 Å². The number of hydrogen-bond acceptors (Lipinski definition) is 5. The number of nitrogens with zero attached hydrogens (tertiary/aromatic N) is 3. The number of thiophene rings is 1.